The van der Waals surface area contributed by atoms with Gasteiger partial charge in [0.05, 0.1) is 3.79 Å². The highest BCUT2D eigenvalue weighted by Gasteiger charge is 2.48. The van der Waals surface area contributed by atoms with Crippen molar-refractivity contribution in [3.63, 3.8) is 0 Å². The van der Waals surface area contributed by atoms with Crippen LogP contribution < -0.4 is 10.6 Å². The second-order valence-electron chi connectivity index (χ2n) is 5.23. The molecule has 1 fully saturated rings. The van der Waals surface area contributed by atoms with Crippen LogP contribution in [-0.4, -0.2) is 45.0 Å². The smallest absolute Gasteiger partial charge is 0.241 e. The van der Waals surface area contributed by atoms with Crippen LogP contribution in [0, 0.1) is 0 Å². The Morgan fingerprint density at radius 2 is 2.10 bits per heavy atom. The Labute approximate surface area is 137 Å². The van der Waals surface area contributed by atoms with Gasteiger partial charge in [0.2, 0.25) is 5.91 Å². The van der Waals surface area contributed by atoms with Gasteiger partial charge in [-0.2, -0.15) is 0 Å². The first-order valence-electron chi connectivity index (χ1n) is 6.78. The van der Waals surface area contributed by atoms with Crippen molar-refractivity contribution in [1.82, 2.24) is 10.6 Å². The Bertz CT molecular complexity index is 607. The van der Waals surface area contributed by atoms with E-state index >= 15 is 0 Å². The van der Waals surface area contributed by atoms with E-state index in [0.29, 0.717) is 38.9 Å². The van der Waals surface area contributed by atoms with Gasteiger partial charge in [0.15, 0.2) is 14.6 Å². The van der Waals surface area contributed by atoms with Gasteiger partial charge in [-0.25, -0.2) is 8.42 Å². The van der Waals surface area contributed by atoms with Gasteiger partial charge in [-0.1, -0.05) is 0 Å². The maximum Gasteiger partial charge on any atom is 0.241 e. The molecule has 0 aromatic carbocycles. The molecule has 2 rings (SSSR count). The van der Waals surface area contributed by atoms with Gasteiger partial charge in [0.1, 0.15) is 0 Å². The van der Waals surface area contributed by atoms with E-state index in [1.807, 2.05) is 12.1 Å². The number of hydrogen-bond donors (Lipinski definition) is 2. The van der Waals surface area contributed by atoms with E-state index in [9.17, 15) is 13.2 Å². The summed E-state index contributed by atoms with van der Waals surface area (Å²) in [6.45, 7) is 1.56. The Morgan fingerprint density at radius 1 is 1.43 bits per heavy atom. The van der Waals surface area contributed by atoms with Crippen LogP contribution >= 0.6 is 27.3 Å². The first kappa shape index (κ1) is 16.9. The molecule has 0 radical (unpaired) electrons. The van der Waals surface area contributed by atoms with E-state index in [-0.39, 0.29) is 5.91 Å². The number of thiophene rings is 1. The van der Waals surface area contributed by atoms with Crippen molar-refractivity contribution >= 4 is 43.0 Å². The first-order chi connectivity index (χ1) is 9.85. The lowest BCUT2D eigenvalue weighted by Gasteiger charge is -2.34. The Kier molecular flexibility index (Phi) is 5.45. The minimum atomic E-state index is -3.43. The third kappa shape index (κ3) is 3.85. The molecule has 2 N–H and O–H groups in total. The highest BCUT2D eigenvalue weighted by atomic mass is 79.9. The molecule has 0 spiro atoms. The van der Waals surface area contributed by atoms with Crippen molar-refractivity contribution in [2.75, 3.05) is 25.9 Å². The fraction of sp³-hybridized carbons (Fsp3) is 0.615. The Morgan fingerprint density at radius 3 is 2.62 bits per heavy atom. The zero-order valence-corrected chi connectivity index (χ0v) is 15.0. The van der Waals surface area contributed by atoms with Gasteiger partial charge in [0, 0.05) is 17.7 Å². The van der Waals surface area contributed by atoms with Crippen LogP contribution in [0.2, 0.25) is 0 Å². The van der Waals surface area contributed by atoms with Crippen molar-refractivity contribution in [1.29, 1.82) is 0 Å². The molecule has 1 aromatic heterocycles. The van der Waals surface area contributed by atoms with Gasteiger partial charge < -0.3 is 10.6 Å². The number of amides is 1. The van der Waals surface area contributed by atoms with Crippen molar-refractivity contribution in [2.45, 2.75) is 24.0 Å². The molecule has 1 saturated heterocycles. The molecule has 8 heteroatoms. The average molecular weight is 395 g/mol. The van der Waals surface area contributed by atoms with Crippen molar-refractivity contribution in [2.24, 2.45) is 0 Å². The summed E-state index contributed by atoms with van der Waals surface area (Å²) >= 11 is 5.01. The molecule has 0 atom stereocenters. The summed E-state index contributed by atoms with van der Waals surface area (Å²) in [6, 6.07) is 3.96. The molecular weight excluding hydrogens is 376 g/mol. The molecule has 118 valence electrons. The second-order valence-corrected chi connectivity index (χ2v) is 10.1. The third-order valence-electron chi connectivity index (χ3n) is 3.82. The lowest BCUT2D eigenvalue weighted by molar-refractivity contribution is -0.124. The zero-order valence-electron chi connectivity index (χ0n) is 11.8. The number of rotatable bonds is 5. The van der Waals surface area contributed by atoms with Crippen molar-refractivity contribution in [3.8, 4) is 0 Å². The lowest BCUT2D eigenvalue weighted by atomic mass is 9.96. The van der Waals surface area contributed by atoms with E-state index < -0.39 is 14.6 Å². The van der Waals surface area contributed by atoms with Gasteiger partial charge in [-0.05, 0) is 60.4 Å². The van der Waals surface area contributed by atoms with Gasteiger partial charge in [0.25, 0.3) is 0 Å². The first-order valence-corrected chi connectivity index (χ1v) is 10.3. The molecule has 0 aliphatic carbocycles. The maximum absolute atomic E-state index is 12.4. The average Bonchev–Trinajstić information content (AvgIpc) is 2.84. The highest BCUT2D eigenvalue weighted by Crippen LogP contribution is 2.28. The summed E-state index contributed by atoms with van der Waals surface area (Å²) in [4.78, 5) is 13.6. The molecule has 1 amide bonds. The van der Waals surface area contributed by atoms with E-state index in [2.05, 4.69) is 26.6 Å². The molecule has 21 heavy (non-hydrogen) atoms. The molecule has 0 saturated carbocycles. The molecule has 0 bridgehead atoms. The summed E-state index contributed by atoms with van der Waals surface area (Å²) < 4.78 is 24.0. The SMILES string of the molecule is CS(=O)(=O)C1(C(=O)NCCc2ccc(Br)s2)CCNCC1. The maximum atomic E-state index is 12.4. The number of carbonyl (C=O) groups is 1. The largest absolute Gasteiger partial charge is 0.354 e. The fourth-order valence-corrected chi connectivity index (χ4v) is 5.38. The van der Waals surface area contributed by atoms with Crippen LogP contribution in [0.3, 0.4) is 0 Å². The molecule has 2 heterocycles. The number of sulfone groups is 1. The number of nitrogens with one attached hydrogen (secondary N) is 2. The summed E-state index contributed by atoms with van der Waals surface area (Å²) in [5.74, 6) is -0.359. The van der Waals surface area contributed by atoms with Crippen LogP contribution in [0.4, 0.5) is 0 Å². The van der Waals surface area contributed by atoms with E-state index in [1.165, 1.54) is 0 Å². The van der Waals surface area contributed by atoms with Crippen LogP contribution in [0.1, 0.15) is 17.7 Å². The number of hydrogen-bond acceptors (Lipinski definition) is 5. The standard InChI is InChI=1S/C13H19BrN2O3S2/c1-21(18,19)13(5-8-15-9-6-13)12(17)16-7-4-10-2-3-11(14)20-10/h2-3,15H,4-9H2,1H3,(H,16,17). The minimum Gasteiger partial charge on any atom is -0.354 e. The predicted molar refractivity (Wildman–Crippen MR) is 88.4 cm³/mol. The topological polar surface area (TPSA) is 75.3 Å². The number of carbonyl (C=O) groups excluding carboxylic acids is 1. The molecule has 1 aliphatic rings. The second kappa shape index (κ2) is 6.76. The van der Waals surface area contributed by atoms with Crippen LogP contribution in [0.15, 0.2) is 15.9 Å². The van der Waals surface area contributed by atoms with Gasteiger partial charge >= 0.3 is 0 Å². The molecule has 1 aromatic rings. The highest BCUT2D eigenvalue weighted by molar-refractivity contribution is 9.11. The Balaban J connectivity index is 1.99. The number of piperidine rings is 1. The summed E-state index contributed by atoms with van der Waals surface area (Å²) in [6.07, 6.45) is 2.54. The monoisotopic (exact) mass is 394 g/mol. The van der Waals surface area contributed by atoms with Crippen LogP contribution in [0.25, 0.3) is 0 Å². The van der Waals surface area contributed by atoms with E-state index in [4.69, 9.17) is 0 Å². The summed E-state index contributed by atoms with van der Waals surface area (Å²) in [7, 11) is -3.43. The molecule has 0 unspecified atom stereocenters. The normalized spacial score (nSPS) is 18.4. The van der Waals surface area contributed by atoms with Crippen molar-refractivity contribution < 1.29 is 13.2 Å². The molecule has 1 aliphatic heterocycles. The number of halogens is 1. The molecule has 5 nitrogen and oxygen atoms in total. The fourth-order valence-electron chi connectivity index (χ4n) is 2.54. The van der Waals surface area contributed by atoms with Crippen LogP contribution in [0.5, 0.6) is 0 Å². The van der Waals surface area contributed by atoms with Crippen molar-refractivity contribution in [3.05, 3.63) is 20.8 Å². The van der Waals surface area contributed by atoms with Gasteiger partial charge in [-0.3, -0.25) is 4.79 Å². The quantitative estimate of drug-likeness (QED) is 0.789. The minimum absolute atomic E-state index is 0.336. The predicted octanol–water partition coefficient (Wildman–Crippen LogP) is 1.34. The summed E-state index contributed by atoms with van der Waals surface area (Å²) in [5, 5.41) is 5.91. The van der Waals surface area contributed by atoms with Crippen LogP contribution in [-0.2, 0) is 21.1 Å². The van der Waals surface area contributed by atoms with Gasteiger partial charge in [-0.15, -0.1) is 11.3 Å². The Hall–Kier alpha value is -0.440. The summed E-state index contributed by atoms with van der Waals surface area (Å²) in [5.41, 5.74) is 0. The lowest BCUT2D eigenvalue weighted by Crippen LogP contribution is -2.57. The zero-order chi connectivity index (χ0) is 15.5. The van der Waals surface area contributed by atoms with E-state index in [0.717, 1.165) is 14.9 Å². The molecular formula is C13H19BrN2O3S2. The third-order valence-corrected chi connectivity index (χ3v) is 7.52. The van der Waals surface area contributed by atoms with E-state index in [1.54, 1.807) is 11.3 Å².